The molecule has 0 saturated heterocycles. The van der Waals surface area contributed by atoms with E-state index < -0.39 is 0 Å². The maximum absolute atomic E-state index is 5.81. The molecule has 0 unspecified atom stereocenters. The van der Waals surface area contributed by atoms with Gasteiger partial charge in [0.1, 0.15) is 5.15 Å². The zero-order chi connectivity index (χ0) is 7.84. The Kier molecular flexibility index (Phi) is 1.75. The molecule has 0 atom stereocenters. The van der Waals surface area contributed by atoms with Crippen LogP contribution < -0.4 is 0 Å². The molecule has 0 aliphatic carbocycles. The van der Waals surface area contributed by atoms with E-state index in [1.165, 1.54) is 11.3 Å². The van der Waals surface area contributed by atoms with Gasteiger partial charge in [0.2, 0.25) is 0 Å². The second kappa shape index (κ2) is 2.63. The van der Waals surface area contributed by atoms with Crippen molar-refractivity contribution in [1.82, 2.24) is 4.98 Å². The second-order valence-electron chi connectivity index (χ2n) is 2.06. The minimum Gasteiger partial charge on any atom is -0.244 e. The van der Waals surface area contributed by atoms with Crippen LogP contribution in [0.4, 0.5) is 0 Å². The van der Waals surface area contributed by atoms with Crippen LogP contribution in [0.1, 0.15) is 0 Å². The van der Waals surface area contributed by atoms with Crippen molar-refractivity contribution < 1.29 is 0 Å². The van der Waals surface area contributed by atoms with Gasteiger partial charge in [-0.1, -0.05) is 23.2 Å². The predicted octanol–water partition coefficient (Wildman–Crippen LogP) is 3.60. The van der Waals surface area contributed by atoms with Crippen molar-refractivity contribution in [3.8, 4) is 0 Å². The van der Waals surface area contributed by atoms with Gasteiger partial charge in [-0.3, -0.25) is 0 Å². The van der Waals surface area contributed by atoms with E-state index in [-0.39, 0.29) is 0 Å². The maximum atomic E-state index is 5.81. The Balaban J connectivity index is 2.90. The van der Waals surface area contributed by atoms with E-state index in [0.717, 1.165) is 14.4 Å². The molecular weight excluding hydrogens is 201 g/mol. The van der Waals surface area contributed by atoms with Gasteiger partial charge in [0, 0.05) is 16.3 Å². The van der Waals surface area contributed by atoms with Gasteiger partial charge < -0.3 is 0 Å². The van der Waals surface area contributed by atoms with Crippen LogP contribution in [0.15, 0.2) is 18.3 Å². The summed E-state index contributed by atoms with van der Waals surface area (Å²) in [5, 5.41) is 1.45. The Morgan fingerprint density at radius 3 is 2.91 bits per heavy atom. The van der Waals surface area contributed by atoms with E-state index in [9.17, 15) is 0 Å². The first-order valence-electron chi connectivity index (χ1n) is 2.97. The monoisotopic (exact) mass is 203 g/mol. The molecule has 2 aromatic rings. The number of hydrogen-bond acceptors (Lipinski definition) is 2. The first-order chi connectivity index (χ1) is 5.27. The molecule has 2 rings (SSSR count). The lowest BCUT2D eigenvalue weighted by Gasteiger charge is -1.88. The Morgan fingerprint density at radius 1 is 1.36 bits per heavy atom. The van der Waals surface area contributed by atoms with Crippen LogP contribution in [0, 0.1) is 0 Å². The van der Waals surface area contributed by atoms with Crippen LogP contribution in [0.3, 0.4) is 0 Å². The number of thiophene rings is 1. The van der Waals surface area contributed by atoms with Crippen LogP contribution in [-0.2, 0) is 0 Å². The molecule has 0 aliphatic rings. The Hall–Kier alpha value is -0.310. The standard InChI is InChI=1S/C7H3Cl2NS/c8-6-3-4-5(11-6)1-2-10-7(4)9/h1-3H. The van der Waals surface area contributed by atoms with Gasteiger partial charge in [0.25, 0.3) is 0 Å². The number of aromatic nitrogens is 1. The van der Waals surface area contributed by atoms with Crippen LogP contribution in [-0.4, -0.2) is 4.98 Å². The average Bonchev–Trinajstić information content (AvgIpc) is 2.31. The van der Waals surface area contributed by atoms with Crippen LogP contribution in [0.25, 0.3) is 10.1 Å². The third kappa shape index (κ3) is 1.22. The predicted molar refractivity (Wildman–Crippen MR) is 49.6 cm³/mol. The molecular formula is C7H3Cl2NS. The topological polar surface area (TPSA) is 12.9 Å². The molecule has 4 heteroatoms. The summed E-state index contributed by atoms with van der Waals surface area (Å²) in [6, 6.07) is 3.73. The van der Waals surface area contributed by atoms with Crippen molar-refractivity contribution in [2.24, 2.45) is 0 Å². The summed E-state index contributed by atoms with van der Waals surface area (Å²) in [4.78, 5) is 3.93. The Bertz CT molecular complexity index is 396. The highest BCUT2D eigenvalue weighted by molar-refractivity contribution is 7.22. The second-order valence-corrected chi connectivity index (χ2v) is 4.14. The molecule has 0 fully saturated rings. The van der Waals surface area contributed by atoms with Gasteiger partial charge in [0.15, 0.2) is 0 Å². The number of fused-ring (bicyclic) bond motifs is 1. The van der Waals surface area contributed by atoms with Crippen molar-refractivity contribution in [3.05, 3.63) is 27.8 Å². The summed E-state index contributed by atoms with van der Waals surface area (Å²) in [6.07, 6.45) is 1.68. The lowest BCUT2D eigenvalue weighted by molar-refractivity contribution is 1.37. The molecule has 0 N–H and O–H groups in total. The number of halogens is 2. The quantitative estimate of drug-likeness (QED) is 0.597. The molecule has 56 valence electrons. The van der Waals surface area contributed by atoms with Gasteiger partial charge in [-0.25, -0.2) is 4.98 Å². The molecule has 1 nitrogen and oxygen atoms in total. The molecule has 2 heterocycles. The van der Waals surface area contributed by atoms with Crippen LogP contribution in [0.5, 0.6) is 0 Å². The molecule has 2 aromatic heterocycles. The highest BCUT2D eigenvalue weighted by Crippen LogP contribution is 2.32. The fraction of sp³-hybridized carbons (Fsp3) is 0. The van der Waals surface area contributed by atoms with Gasteiger partial charge in [-0.05, 0) is 12.1 Å². The number of pyridine rings is 1. The average molecular weight is 204 g/mol. The summed E-state index contributed by atoms with van der Waals surface area (Å²) >= 11 is 13.1. The van der Waals surface area contributed by atoms with Crippen molar-refractivity contribution in [1.29, 1.82) is 0 Å². The summed E-state index contributed by atoms with van der Waals surface area (Å²) in [6.45, 7) is 0. The third-order valence-electron chi connectivity index (χ3n) is 1.37. The lowest BCUT2D eigenvalue weighted by atomic mass is 10.3. The highest BCUT2D eigenvalue weighted by atomic mass is 35.5. The smallest absolute Gasteiger partial charge is 0.137 e. The Labute approximate surface area is 77.6 Å². The third-order valence-corrected chi connectivity index (χ3v) is 2.90. The van der Waals surface area contributed by atoms with Gasteiger partial charge >= 0.3 is 0 Å². The van der Waals surface area contributed by atoms with E-state index in [0.29, 0.717) is 5.15 Å². The van der Waals surface area contributed by atoms with E-state index >= 15 is 0 Å². The molecule has 0 saturated carbocycles. The lowest BCUT2D eigenvalue weighted by Crippen LogP contribution is -1.70. The molecule has 0 spiro atoms. The van der Waals surface area contributed by atoms with E-state index in [1.54, 1.807) is 6.20 Å². The minimum absolute atomic E-state index is 0.519. The zero-order valence-corrected chi connectivity index (χ0v) is 7.67. The summed E-state index contributed by atoms with van der Waals surface area (Å²) in [5.74, 6) is 0. The van der Waals surface area contributed by atoms with Crippen molar-refractivity contribution in [3.63, 3.8) is 0 Å². The van der Waals surface area contributed by atoms with Crippen molar-refractivity contribution in [2.45, 2.75) is 0 Å². The molecule has 0 aliphatic heterocycles. The van der Waals surface area contributed by atoms with E-state index in [4.69, 9.17) is 23.2 Å². The summed E-state index contributed by atoms with van der Waals surface area (Å²) < 4.78 is 1.82. The SMILES string of the molecule is Clc1cc2c(Cl)nccc2s1. The normalized spacial score (nSPS) is 10.7. The van der Waals surface area contributed by atoms with Crippen molar-refractivity contribution >= 4 is 44.6 Å². The first kappa shape index (κ1) is 7.35. The van der Waals surface area contributed by atoms with Crippen LogP contribution >= 0.6 is 34.5 Å². The molecule has 11 heavy (non-hydrogen) atoms. The highest BCUT2D eigenvalue weighted by Gasteiger charge is 2.02. The maximum Gasteiger partial charge on any atom is 0.137 e. The van der Waals surface area contributed by atoms with Gasteiger partial charge in [-0.15, -0.1) is 11.3 Å². The molecule has 0 amide bonds. The number of hydrogen-bond donors (Lipinski definition) is 0. The summed E-state index contributed by atoms with van der Waals surface area (Å²) in [7, 11) is 0. The number of rotatable bonds is 0. The minimum atomic E-state index is 0.519. The van der Waals surface area contributed by atoms with Crippen LogP contribution in [0.2, 0.25) is 9.49 Å². The fourth-order valence-electron chi connectivity index (χ4n) is 0.899. The zero-order valence-electron chi connectivity index (χ0n) is 5.34. The number of nitrogens with zero attached hydrogens (tertiary/aromatic N) is 1. The van der Waals surface area contributed by atoms with Crippen molar-refractivity contribution in [2.75, 3.05) is 0 Å². The van der Waals surface area contributed by atoms with Gasteiger partial charge in [0.05, 0.1) is 4.34 Å². The van der Waals surface area contributed by atoms with E-state index in [2.05, 4.69) is 4.98 Å². The fourth-order valence-corrected chi connectivity index (χ4v) is 2.31. The first-order valence-corrected chi connectivity index (χ1v) is 4.54. The molecule has 0 aromatic carbocycles. The Morgan fingerprint density at radius 2 is 2.18 bits per heavy atom. The largest absolute Gasteiger partial charge is 0.244 e. The molecule has 0 bridgehead atoms. The summed E-state index contributed by atoms with van der Waals surface area (Å²) in [5.41, 5.74) is 0. The molecule has 0 radical (unpaired) electrons. The van der Waals surface area contributed by atoms with E-state index in [1.807, 2.05) is 12.1 Å². The van der Waals surface area contributed by atoms with Gasteiger partial charge in [-0.2, -0.15) is 0 Å².